The van der Waals surface area contributed by atoms with Crippen LogP contribution in [-0.4, -0.2) is 16.5 Å². The number of nitrogens with one attached hydrogen (secondary N) is 1. The fraction of sp³-hybridized carbons (Fsp3) is 0.286. The van der Waals surface area contributed by atoms with Gasteiger partial charge in [0, 0.05) is 29.2 Å². The molecule has 0 amide bonds. The zero-order chi connectivity index (χ0) is 13.0. The van der Waals surface area contributed by atoms with Crippen molar-refractivity contribution in [2.75, 3.05) is 11.9 Å². The summed E-state index contributed by atoms with van der Waals surface area (Å²) in [4.78, 5) is 8.98. The monoisotopic (exact) mass is 305 g/mol. The molecule has 0 unspecified atom stereocenters. The summed E-state index contributed by atoms with van der Waals surface area (Å²) in [6.07, 6.45) is 0.757. The van der Waals surface area contributed by atoms with Gasteiger partial charge < -0.3 is 5.32 Å². The van der Waals surface area contributed by atoms with Crippen LogP contribution >= 0.6 is 15.9 Å². The molecule has 0 aliphatic carbocycles. The Bertz CT molecular complexity index is 523. The first kappa shape index (κ1) is 13.0. The van der Waals surface area contributed by atoms with Crippen LogP contribution in [0.15, 0.2) is 34.8 Å². The van der Waals surface area contributed by atoms with Crippen LogP contribution in [0.2, 0.25) is 0 Å². The number of benzene rings is 1. The minimum Gasteiger partial charge on any atom is -0.370 e. The van der Waals surface area contributed by atoms with Crippen molar-refractivity contribution >= 4 is 21.7 Å². The van der Waals surface area contributed by atoms with E-state index in [0.717, 1.165) is 34.8 Å². The molecule has 1 heterocycles. The average molecular weight is 306 g/mol. The van der Waals surface area contributed by atoms with E-state index in [4.69, 9.17) is 0 Å². The first-order valence-electron chi connectivity index (χ1n) is 6.00. The lowest BCUT2D eigenvalue weighted by molar-refractivity contribution is 0.938. The average Bonchev–Trinajstić information content (AvgIpc) is 2.32. The van der Waals surface area contributed by atoms with Crippen LogP contribution in [0.25, 0.3) is 0 Å². The molecule has 1 N–H and O–H groups in total. The minimum atomic E-state index is 0.757. The van der Waals surface area contributed by atoms with Crippen LogP contribution < -0.4 is 5.32 Å². The predicted octanol–water partition coefficient (Wildman–Crippen LogP) is 3.57. The molecule has 1 aromatic carbocycles. The maximum atomic E-state index is 4.51. The number of aryl methyl sites for hydroxylation is 1. The van der Waals surface area contributed by atoms with Gasteiger partial charge in [0.2, 0.25) is 0 Å². The summed E-state index contributed by atoms with van der Waals surface area (Å²) in [5, 5.41) is 3.23. The van der Waals surface area contributed by atoms with Crippen LogP contribution in [0.1, 0.15) is 24.0 Å². The Kier molecular flexibility index (Phi) is 4.31. The second-order valence-electron chi connectivity index (χ2n) is 4.14. The summed E-state index contributed by atoms with van der Waals surface area (Å²) >= 11 is 3.43. The number of anilines is 1. The first-order chi connectivity index (χ1) is 8.67. The molecule has 4 heteroatoms. The van der Waals surface area contributed by atoms with Crippen molar-refractivity contribution in [2.24, 2.45) is 0 Å². The summed E-state index contributed by atoms with van der Waals surface area (Å²) < 4.78 is 1.09. The van der Waals surface area contributed by atoms with Gasteiger partial charge in [0.05, 0.1) is 0 Å². The Morgan fingerprint density at radius 2 is 1.89 bits per heavy atom. The smallest absolute Gasteiger partial charge is 0.135 e. The summed E-state index contributed by atoms with van der Waals surface area (Å²) in [5.41, 5.74) is 2.21. The zero-order valence-electron chi connectivity index (χ0n) is 10.6. The highest BCUT2D eigenvalue weighted by molar-refractivity contribution is 9.10. The lowest BCUT2D eigenvalue weighted by Gasteiger charge is -2.07. The van der Waals surface area contributed by atoms with E-state index in [0.29, 0.717) is 0 Å². The second-order valence-corrected chi connectivity index (χ2v) is 5.06. The van der Waals surface area contributed by atoms with E-state index < -0.39 is 0 Å². The standard InChI is InChI=1S/C14H16BrN3/c1-3-16-13-8-10(2)17-14(18-13)9-11-4-6-12(15)7-5-11/h4-8H,3,9H2,1-2H3,(H,16,17,18). The third-order valence-corrected chi connectivity index (χ3v) is 3.06. The van der Waals surface area contributed by atoms with E-state index in [1.807, 2.05) is 25.1 Å². The highest BCUT2D eigenvalue weighted by Crippen LogP contribution is 2.14. The number of halogens is 1. The van der Waals surface area contributed by atoms with E-state index in [1.165, 1.54) is 5.56 Å². The van der Waals surface area contributed by atoms with Gasteiger partial charge in [-0.2, -0.15) is 0 Å². The third kappa shape index (κ3) is 3.53. The lowest BCUT2D eigenvalue weighted by Crippen LogP contribution is -2.05. The quantitative estimate of drug-likeness (QED) is 0.938. The molecule has 0 saturated heterocycles. The van der Waals surface area contributed by atoms with Crippen molar-refractivity contribution in [1.82, 2.24) is 9.97 Å². The minimum absolute atomic E-state index is 0.757. The SMILES string of the molecule is CCNc1cc(C)nc(Cc2ccc(Br)cc2)n1. The van der Waals surface area contributed by atoms with Crippen molar-refractivity contribution in [3.63, 3.8) is 0 Å². The molecular weight excluding hydrogens is 290 g/mol. The van der Waals surface area contributed by atoms with Gasteiger partial charge in [-0.15, -0.1) is 0 Å². The number of hydrogen-bond acceptors (Lipinski definition) is 3. The molecule has 0 bridgehead atoms. The van der Waals surface area contributed by atoms with Gasteiger partial charge >= 0.3 is 0 Å². The largest absolute Gasteiger partial charge is 0.370 e. The highest BCUT2D eigenvalue weighted by atomic mass is 79.9. The maximum Gasteiger partial charge on any atom is 0.135 e. The molecule has 0 spiro atoms. The molecular formula is C14H16BrN3. The number of hydrogen-bond donors (Lipinski definition) is 1. The van der Waals surface area contributed by atoms with E-state index >= 15 is 0 Å². The van der Waals surface area contributed by atoms with E-state index in [1.54, 1.807) is 0 Å². The molecule has 2 aromatic rings. The van der Waals surface area contributed by atoms with Crippen molar-refractivity contribution in [3.8, 4) is 0 Å². The summed E-state index contributed by atoms with van der Waals surface area (Å²) in [5.74, 6) is 1.75. The van der Waals surface area contributed by atoms with Gasteiger partial charge in [-0.25, -0.2) is 9.97 Å². The van der Waals surface area contributed by atoms with E-state index in [9.17, 15) is 0 Å². The molecule has 0 atom stereocenters. The predicted molar refractivity (Wildman–Crippen MR) is 77.9 cm³/mol. The number of rotatable bonds is 4. The molecule has 18 heavy (non-hydrogen) atoms. The van der Waals surface area contributed by atoms with Gasteiger partial charge in [0.15, 0.2) is 0 Å². The lowest BCUT2D eigenvalue weighted by atomic mass is 10.1. The van der Waals surface area contributed by atoms with Crippen LogP contribution in [0.3, 0.4) is 0 Å². The van der Waals surface area contributed by atoms with Crippen molar-refractivity contribution in [1.29, 1.82) is 0 Å². The van der Waals surface area contributed by atoms with Gasteiger partial charge in [0.25, 0.3) is 0 Å². The topological polar surface area (TPSA) is 37.8 Å². The molecule has 1 aromatic heterocycles. The Labute approximate surface area is 116 Å². The van der Waals surface area contributed by atoms with Crippen LogP contribution in [0.5, 0.6) is 0 Å². The number of nitrogens with zero attached hydrogens (tertiary/aromatic N) is 2. The highest BCUT2D eigenvalue weighted by Gasteiger charge is 2.03. The molecule has 3 nitrogen and oxygen atoms in total. The third-order valence-electron chi connectivity index (χ3n) is 2.53. The summed E-state index contributed by atoms with van der Waals surface area (Å²) in [6.45, 7) is 4.92. The summed E-state index contributed by atoms with van der Waals surface area (Å²) in [6, 6.07) is 10.2. The van der Waals surface area contributed by atoms with Crippen molar-refractivity contribution in [2.45, 2.75) is 20.3 Å². The van der Waals surface area contributed by atoms with Crippen molar-refractivity contribution in [3.05, 3.63) is 51.9 Å². The van der Waals surface area contributed by atoms with Crippen molar-refractivity contribution < 1.29 is 0 Å². The molecule has 0 fully saturated rings. The fourth-order valence-corrected chi connectivity index (χ4v) is 2.03. The van der Waals surface area contributed by atoms with Crippen LogP contribution in [0, 0.1) is 6.92 Å². The zero-order valence-corrected chi connectivity index (χ0v) is 12.2. The molecule has 0 aliphatic heterocycles. The fourth-order valence-electron chi connectivity index (χ4n) is 1.77. The Morgan fingerprint density at radius 1 is 1.17 bits per heavy atom. The van der Waals surface area contributed by atoms with Crippen LogP contribution in [0.4, 0.5) is 5.82 Å². The maximum absolute atomic E-state index is 4.51. The molecule has 94 valence electrons. The van der Waals surface area contributed by atoms with E-state index in [2.05, 4.69) is 50.3 Å². The van der Waals surface area contributed by atoms with E-state index in [-0.39, 0.29) is 0 Å². The Hall–Kier alpha value is -1.42. The second kappa shape index (κ2) is 5.96. The molecule has 2 rings (SSSR count). The van der Waals surface area contributed by atoms with Gasteiger partial charge in [-0.3, -0.25) is 0 Å². The Morgan fingerprint density at radius 3 is 2.56 bits per heavy atom. The van der Waals surface area contributed by atoms with Gasteiger partial charge in [-0.1, -0.05) is 28.1 Å². The first-order valence-corrected chi connectivity index (χ1v) is 6.79. The molecule has 0 saturated carbocycles. The molecule has 0 radical (unpaired) electrons. The summed E-state index contributed by atoms with van der Waals surface area (Å²) in [7, 11) is 0. The van der Waals surface area contributed by atoms with Gasteiger partial charge in [-0.05, 0) is 31.5 Å². The van der Waals surface area contributed by atoms with Gasteiger partial charge in [0.1, 0.15) is 11.6 Å². The molecule has 0 aliphatic rings. The number of aromatic nitrogens is 2. The van der Waals surface area contributed by atoms with Crippen LogP contribution in [-0.2, 0) is 6.42 Å². The Balaban J connectivity index is 2.20. The normalized spacial score (nSPS) is 10.4.